The maximum atomic E-state index is 12.6. The summed E-state index contributed by atoms with van der Waals surface area (Å²) in [6.07, 6.45) is -1.01. The van der Waals surface area contributed by atoms with Crippen molar-refractivity contribution in [3.63, 3.8) is 0 Å². The van der Waals surface area contributed by atoms with E-state index in [1.807, 2.05) is 0 Å². The first-order valence-electron chi connectivity index (χ1n) is 5.31. The Morgan fingerprint density at radius 3 is 2.78 bits per heavy atom. The number of alkyl halides is 4. The molecule has 0 spiro atoms. The van der Waals surface area contributed by atoms with Crippen LogP contribution in [0.1, 0.15) is 0 Å². The number of hydrogen-bond donors (Lipinski definition) is 0. The van der Waals surface area contributed by atoms with E-state index in [9.17, 15) is 13.2 Å². The van der Waals surface area contributed by atoms with Crippen LogP contribution >= 0.6 is 15.9 Å². The third kappa shape index (κ3) is 2.95. The average Bonchev–Trinajstić information content (AvgIpc) is 2.74. The number of fused-ring (bicyclic) bond motifs is 1. The Bertz CT molecular complexity index is 523. The molecule has 7 heteroatoms. The number of aromatic nitrogens is 2. The number of hydrogen-bond acceptors (Lipinski definition) is 2. The number of imidazole rings is 1. The van der Waals surface area contributed by atoms with E-state index in [4.69, 9.17) is 0 Å². The van der Waals surface area contributed by atoms with E-state index in [-0.39, 0.29) is 6.54 Å². The molecular formula is C11H11BrF3N3. The van der Waals surface area contributed by atoms with Gasteiger partial charge >= 0.3 is 6.18 Å². The second kappa shape index (κ2) is 5.17. The Hall–Kier alpha value is -1.24. The fourth-order valence-electron chi connectivity index (χ4n) is 1.78. The molecule has 0 atom stereocenters. The lowest BCUT2D eigenvalue weighted by Gasteiger charge is -2.25. The maximum absolute atomic E-state index is 12.6. The highest BCUT2D eigenvalue weighted by Crippen LogP contribution is 2.22. The molecule has 0 aromatic carbocycles. The molecule has 2 aromatic heterocycles. The fourth-order valence-corrected chi connectivity index (χ4v) is 2.21. The van der Waals surface area contributed by atoms with Crippen LogP contribution in [0.2, 0.25) is 0 Å². The molecule has 0 N–H and O–H groups in total. The monoisotopic (exact) mass is 321 g/mol. The number of rotatable bonds is 4. The van der Waals surface area contributed by atoms with Crippen molar-refractivity contribution in [1.29, 1.82) is 0 Å². The van der Waals surface area contributed by atoms with E-state index < -0.39 is 12.7 Å². The van der Waals surface area contributed by atoms with Gasteiger partial charge in [-0.15, -0.1) is 0 Å². The van der Waals surface area contributed by atoms with Gasteiger partial charge in [0.2, 0.25) is 0 Å². The molecule has 2 heterocycles. The SMILES string of the molecule is FC(F)(F)CN(CCBr)c1cccc2nccn12. The van der Waals surface area contributed by atoms with Crippen LogP contribution in [-0.4, -0.2) is 34.0 Å². The van der Waals surface area contributed by atoms with Gasteiger partial charge in [0.15, 0.2) is 0 Å². The van der Waals surface area contributed by atoms with Crippen LogP contribution in [0.25, 0.3) is 5.65 Å². The van der Waals surface area contributed by atoms with Gasteiger partial charge in [-0.2, -0.15) is 13.2 Å². The van der Waals surface area contributed by atoms with E-state index in [1.165, 1.54) is 4.90 Å². The average molecular weight is 322 g/mol. The van der Waals surface area contributed by atoms with Crippen LogP contribution in [0.3, 0.4) is 0 Å². The lowest BCUT2D eigenvalue weighted by Crippen LogP contribution is -2.36. The molecule has 0 unspecified atom stereocenters. The summed E-state index contributed by atoms with van der Waals surface area (Å²) in [7, 11) is 0. The highest BCUT2D eigenvalue weighted by atomic mass is 79.9. The molecule has 0 aliphatic rings. The summed E-state index contributed by atoms with van der Waals surface area (Å²) >= 11 is 3.18. The van der Waals surface area contributed by atoms with Crippen LogP contribution in [0.15, 0.2) is 30.6 Å². The minimum atomic E-state index is -4.23. The Kier molecular flexibility index (Phi) is 3.79. The van der Waals surface area contributed by atoms with Crippen LogP contribution < -0.4 is 4.90 Å². The highest BCUT2D eigenvalue weighted by Gasteiger charge is 2.31. The number of halogens is 4. The lowest BCUT2D eigenvalue weighted by molar-refractivity contribution is -0.119. The fraction of sp³-hybridized carbons (Fsp3) is 0.364. The molecule has 98 valence electrons. The van der Waals surface area contributed by atoms with Crippen molar-refractivity contribution in [2.45, 2.75) is 6.18 Å². The van der Waals surface area contributed by atoms with E-state index in [0.717, 1.165) is 0 Å². The lowest BCUT2D eigenvalue weighted by atomic mass is 10.4. The van der Waals surface area contributed by atoms with Crippen molar-refractivity contribution in [2.75, 3.05) is 23.3 Å². The van der Waals surface area contributed by atoms with Crippen LogP contribution in [0, 0.1) is 0 Å². The predicted octanol–water partition coefficient (Wildman–Crippen LogP) is 3.10. The standard InChI is InChI=1S/C11H11BrF3N3/c12-4-6-17(8-11(13,14)15)10-3-1-2-9-16-5-7-18(9)10/h1-3,5,7H,4,6,8H2. The first kappa shape index (κ1) is 13.2. The summed E-state index contributed by atoms with van der Waals surface area (Å²) in [6, 6.07) is 5.11. The second-order valence-electron chi connectivity index (χ2n) is 3.77. The van der Waals surface area contributed by atoms with Crippen molar-refractivity contribution in [3.05, 3.63) is 30.6 Å². The Morgan fingerprint density at radius 1 is 1.33 bits per heavy atom. The summed E-state index contributed by atoms with van der Waals surface area (Å²) in [4.78, 5) is 5.34. The zero-order chi connectivity index (χ0) is 13.2. The van der Waals surface area contributed by atoms with Crippen molar-refractivity contribution in [2.24, 2.45) is 0 Å². The molecule has 0 amide bonds. The summed E-state index contributed by atoms with van der Waals surface area (Å²) in [5.41, 5.74) is 0.634. The van der Waals surface area contributed by atoms with E-state index in [1.54, 1.807) is 35.0 Å². The molecule has 2 rings (SSSR count). The minimum absolute atomic E-state index is 0.275. The van der Waals surface area contributed by atoms with E-state index >= 15 is 0 Å². The van der Waals surface area contributed by atoms with Crippen LogP contribution in [0.4, 0.5) is 19.0 Å². The van der Waals surface area contributed by atoms with Gasteiger partial charge < -0.3 is 4.90 Å². The van der Waals surface area contributed by atoms with Crippen molar-refractivity contribution in [1.82, 2.24) is 9.38 Å². The van der Waals surface area contributed by atoms with Crippen molar-refractivity contribution in [3.8, 4) is 0 Å². The van der Waals surface area contributed by atoms with Gasteiger partial charge in [-0.05, 0) is 12.1 Å². The highest BCUT2D eigenvalue weighted by molar-refractivity contribution is 9.09. The molecule has 0 fully saturated rings. The summed E-state index contributed by atoms with van der Waals surface area (Å²) in [6.45, 7) is -0.702. The quantitative estimate of drug-likeness (QED) is 0.807. The summed E-state index contributed by atoms with van der Waals surface area (Å²) < 4.78 is 39.3. The molecule has 0 radical (unpaired) electrons. The van der Waals surface area contributed by atoms with Gasteiger partial charge in [0, 0.05) is 24.3 Å². The molecular weight excluding hydrogens is 311 g/mol. The normalized spacial score (nSPS) is 12.0. The van der Waals surface area contributed by atoms with E-state index in [2.05, 4.69) is 20.9 Å². The van der Waals surface area contributed by atoms with Gasteiger partial charge in [0.1, 0.15) is 18.0 Å². The first-order valence-corrected chi connectivity index (χ1v) is 6.43. The molecule has 0 bridgehead atoms. The van der Waals surface area contributed by atoms with Gasteiger partial charge in [0.05, 0.1) is 0 Å². The molecule has 0 aliphatic carbocycles. The largest absolute Gasteiger partial charge is 0.405 e. The third-order valence-corrected chi connectivity index (χ3v) is 2.81. The number of nitrogens with zero attached hydrogens (tertiary/aromatic N) is 3. The maximum Gasteiger partial charge on any atom is 0.405 e. The summed E-state index contributed by atoms with van der Waals surface area (Å²) in [5, 5.41) is 0.466. The van der Waals surface area contributed by atoms with Crippen molar-refractivity contribution >= 4 is 27.4 Å². The van der Waals surface area contributed by atoms with Crippen LogP contribution in [0.5, 0.6) is 0 Å². The molecule has 18 heavy (non-hydrogen) atoms. The predicted molar refractivity (Wildman–Crippen MR) is 67.3 cm³/mol. The Balaban J connectivity index is 2.38. The Morgan fingerprint density at radius 2 is 2.11 bits per heavy atom. The topological polar surface area (TPSA) is 20.5 Å². The van der Waals surface area contributed by atoms with Gasteiger partial charge in [-0.3, -0.25) is 4.40 Å². The molecule has 2 aromatic rings. The first-order chi connectivity index (χ1) is 8.51. The smallest absolute Gasteiger partial charge is 0.348 e. The van der Waals surface area contributed by atoms with E-state index in [0.29, 0.717) is 16.8 Å². The third-order valence-electron chi connectivity index (χ3n) is 2.46. The van der Waals surface area contributed by atoms with Gasteiger partial charge in [0.25, 0.3) is 0 Å². The number of anilines is 1. The second-order valence-corrected chi connectivity index (χ2v) is 4.56. The zero-order valence-electron chi connectivity index (χ0n) is 9.36. The minimum Gasteiger partial charge on any atom is -0.348 e. The number of pyridine rings is 1. The molecule has 3 nitrogen and oxygen atoms in total. The zero-order valence-corrected chi connectivity index (χ0v) is 10.9. The van der Waals surface area contributed by atoms with Gasteiger partial charge in [-0.25, -0.2) is 4.98 Å². The summed E-state index contributed by atoms with van der Waals surface area (Å²) in [5.74, 6) is 0.488. The molecule has 0 aliphatic heterocycles. The van der Waals surface area contributed by atoms with Crippen LogP contribution in [-0.2, 0) is 0 Å². The molecule has 0 saturated carbocycles. The molecule has 0 saturated heterocycles. The van der Waals surface area contributed by atoms with Crippen molar-refractivity contribution < 1.29 is 13.2 Å². The van der Waals surface area contributed by atoms with Gasteiger partial charge in [-0.1, -0.05) is 22.0 Å². The Labute approximate surface area is 110 Å².